The third-order valence-corrected chi connectivity index (χ3v) is 4.76. The number of nitrogens with zero attached hydrogens (tertiary/aromatic N) is 2. The molecule has 1 aliphatic carbocycles. The average Bonchev–Trinajstić information content (AvgIpc) is 2.72. The van der Waals surface area contributed by atoms with E-state index in [2.05, 4.69) is 13.8 Å². The van der Waals surface area contributed by atoms with Crippen molar-refractivity contribution in [1.29, 1.82) is 0 Å². The highest BCUT2D eigenvalue weighted by molar-refractivity contribution is 5.26. The Balaban J connectivity index is 2.34. The van der Waals surface area contributed by atoms with E-state index in [4.69, 9.17) is 20.4 Å². The van der Waals surface area contributed by atoms with Gasteiger partial charge in [-0.2, -0.15) is 0 Å². The summed E-state index contributed by atoms with van der Waals surface area (Å²) in [7, 11) is 1.81. The van der Waals surface area contributed by atoms with Gasteiger partial charge in [-0.25, -0.2) is 9.97 Å². The van der Waals surface area contributed by atoms with Crippen molar-refractivity contribution in [2.45, 2.75) is 70.8 Å². The Morgan fingerprint density at radius 2 is 1.62 bits per heavy atom. The molecule has 0 unspecified atom stereocenters. The maximum atomic E-state index is 5.93. The number of nitrogens with two attached hydrogens (primary N) is 1. The lowest BCUT2D eigenvalue weighted by molar-refractivity contribution is -0.0354. The number of hydrogen-bond acceptors (Lipinski definition) is 4. The lowest BCUT2D eigenvalue weighted by Gasteiger charge is -2.30. The summed E-state index contributed by atoms with van der Waals surface area (Å²) in [5.41, 5.74) is 8.78. The predicted octanol–water partition coefficient (Wildman–Crippen LogP) is 3.18. The fourth-order valence-corrected chi connectivity index (χ4v) is 3.40. The van der Waals surface area contributed by atoms with E-state index >= 15 is 0 Å². The molecule has 0 radical (unpaired) electrons. The molecule has 0 aliphatic heterocycles. The van der Waals surface area contributed by atoms with Gasteiger partial charge < -0.3 is 10.5 Å². The zero-order valence-corrected chi connectivity index (χ0v) is 13.7. The van der Waals surface area contributed by atoms with Crippen LogP contribution >= 0.6 is 0 Å². The molecule has 0 atom stereocenters. The largest absolute Gasteiger partial charge is 0.370 e. The number of aromatic nitrogens is 2. The van der Waals surface area contributed by atoms with Crippen molar-refractivity contribution in [1.82, 2.24) is 9.97 Å². The number of ether oxygens (including phenoxy) is 1. The van der Waals surface area contributed by atoms with E-state index in [9.17, 15) is 0 Å². The molecule has 0 spiro atoms. The normalized spacial score (nSPS) is 18.5. The minimum absolute atomic E-state index is 0.279. The minimum Gasteiger partial charge on any atom is -0.370 e. The van der Waals surface area contributed by atoms with E-state index in [1.165, 1.54) is 31.2 Å². The van der Waals surface area contributed by atoms with Crippen molar-refractivity contribution in [3.05, 3.63) is 22.8 Å². The van der Waals surface area contributed by atoms with Crippen molar-refractivity contribution in [2.24, 2.45) is 5.73 Å². The van der Waals surface area contributed by atoms with Gasteiger partial charge in [-0.05, 0) is 51.6 Å². The fourth-order valence-electron chi connectivity index (χ4n) is 3.40. The first-order valence-electron chi connectivity index (χ1n) is 8.23. The topological polar surface area (TPSA) is 61.0 Å². The molecule has 1 aromatic rings. The van der Waals surface area contributed by atoms with Crippen LogP contribution < -0.4 is 5.73 Å². The summed E-state index contributed by atoms with van der Waals surface area (Å²) in [5, 5.41) is 0. The first kappa shape index (κ1) is 16.4. The predicted molar refractivity (Wildman–Crippen MR) is 85.3 cm³/mol. The number of aryl methyl sites for hydroxylation is 2. The third kappa shape index (κ3) is 3.61. The summed E-state index contributed by atoms with van der Waals surface area (Å²) in [6.45, 7) is 4.89. The van der Waals surface area contributed by atoms with Crippen LogP contribution in [0.1, 0.15) is 67.7 Å². The standard InChI is InChI=1S/C17H29N3O/c1-13-15(9-8-12-18)14(2)20-16(19-13)17(21-3)10-6-4-5-7-11-17/h4-12,18H2,1-3H3. The van der Waals surface area contributed by atoms with Crippen molar-refractivity contribution in [3.63, 3.8) is 0 Å². The van der Waals surface area contributed by atoms with Crippen molar-refractivity contribution >= 4 is 0 Å². The Morgan fingerprint density at radius 3 is 2.10 bits per heavy atom. The molecule has 21 heavy (non-hydrogen) atoms. The molecule has 118 valence electrons. The molecule has 2 rings (SSSR count). The summed E-state index contributed by atoms with van der Waals surface area (Å²) in [4.78, 5) is 9.64. The smallest absolute Gasteiger partial charge is 0.160 e. The highest BCUT2D eigenvalue weighted by atomic mass is 16.5. The molecule has 1 aromatic heterocycles. The first-order chi connectivity index (χ1) is 10.1. The van der Waals surface area contributed by atoms with Crippen LogP contribution in [-0.2, 0) is 16.8 Å². The van der Waals surface area contributed by atoms with Gasteiger partial charge in [0.1, 0.15) is 5.60 Å². The summed E-state index contributed by atoms with van der Waals surface area (Å²) in [5.74, 6) is 0.887. The van der Waals surface area contributed by atoms with Crippen LogP contribution in [-0.4, -0.2) is 23.6 Å². The van der Waals surface area contributed by atoms with Crippen molar-refractivity contribution in [2.75, 3.05) is 13.7 Å². The Kier molecular flexibility index (Phi) is 5.71. The summed E-state index contributed by atoms with van der Waals surface area (Å²) in [6.07, 6.45) is 8.99. The highest BCUT2D eigenvalue weighted by Gasteiger charge is 2.36. The first-order valence-corrected chi connectivity index (χ1v) is 8.23. The van der Waals surface area contributed by atoms with E-state index in [1.807, 2.05) is 7.11 Å². The molecule has 4 nitrogen and oxygen atoms in total. The van der Waals surface area contributed by atoms with Crippen molar-refractivity contribution in [3.8, 4) is 0 Å². The zero-order valence-electron chi connectivity index (χ0n) is 13.7. The second-order valence-electron chi connectivity index (χ2n) is 6.20. The monoisotopic (exact) mass is 291 g/mol. The van der Waals surface area contributed by atoms with Crippen LogP contribution in [0.3, 0.4) is 0 Å². The molecule has 0 amide bonds. The van der Waals surface area contributed by atoms with Gasteiger partial charge in [-0.3, -0.25) is 0 Å². The molecular weight excluding hydrogens is 262 g/mol. The van der Waals surface area contributed by atoms with Gasteiger partial charge in [0.05, 0.1) is 0 Å². The summed E-state index contributed by atoms with van der Waals surface area (Å²) >= 11 is 0. The number of rotatable bonds is 5. The Morgan fingerprint density at radius 1 is 1.05 bits per heavy atom. The number of methoxy groups -OCH3 is 1. The molecule has 1 saturated carbocycles. The van der Waals surface area contributed by atoms with Crippen molar-refractivity contribution < 1.29 is 4.74 Å². The number of hydrogen-bond donors (Lipinski definition) is 1. The maximum absolute atomic E-state index is 5.93. The van der Waals surface area contributed by atoms with Gasteiger partial charge in [-0.15, -0.1) is 0 Å². The third-order valence-electron chi connectivity index (χ3n) is 4.76. The van der Waals surface area contributed by atoms with Gasteiger partial charge in [-0.1, -0.05) is 25.7 Å². The van der Waals surface area contributed by atoms with E-state index in [0.29, 0.717) is 6.54 Å². The van der Waals surface area contributed by atoms with E-state index in [0.717, 1.165) is 42.9 Å². The molecule has 0 bridgehead atoms. The zero-order chi connectivity index (χ0) is 15.3. The van der Waals surface area contributed by atoms with Crippen LogP contribution in [0.2, 0.25) is 0 Å². The Bertz CT molecular complexity index is 442. The highest BCUT2D eigenvalue weighted by Crippen LogP contribution is 2.37. The molecular formula is C17H29N3O. The molecule has 0 aromatic carbocycles. The minimum atomic E-state index is -0.279. The lowest BCUT2D eigenvalue weighted by Crippen LogP contribution is -2.31. The molecule has 1 fully saturated rings. The van der Waals surface area contributed by atoms with Crippen LogP contribution in [0.15, 0.2) is 0 Å². The van der Waals surface area contributed by atoms with Gasteiger partial charge in [0, 0.05) is 18.5 Å². The fraction of sp³-hybridized carbons (Fsp3) is 0.765. The van der Waals surface area contributed by atoms with Gasteiger partial charge in [0.2, 0.25) is 0 Å². The quantitative estimate of drug-likeness (QED) is 0.846. The van der Waals surface area contributed by atoms with Crippen LogP contribution in [0.4, 0.5) is 0 Å². The Hall–Kier alpha value is -1.00. The van der Waals surface area contributed by atoms with Crippen LogP contribution in [0.25, 0.3) is 0 Å². The average molecular weight is 291 g/mol. The van der Waals surface area contributed by atoms with Gasteiger partial charge in [0.25, 0.3) is 0 Å². The molecule has 1 aliphatic rings. The SMILES string of the molecule is COC1(c2nc(C)c(CCCN)c(C)n2)CCCCCC1. The van der Waals surface area contributed by atoms with Crippen LogP contribution in [0.5, 0.6) is 0 Å². The summed E-state index contributed by atoms with van der Waals surface area (Å²) < 4.78 is 5.93. The van der Waals surface area contributed by atoms with E-state index in [-0.39, 0.29) is 5.60 Å². The van der Waals surface area contributed by atoms with Crippen LogP contribution in [0, 0.1) is 13.8 Å². The van der Waals surface area contributed by atoms with E-state index in [1.54, 1.807) is 0 Å². The summed E-state index contributed by atoms with van der Waals surface area (Å²) in [6, 6.07) is 0. The second kappa shape index (κ2) is 7.32. The molecule has 4 heteroatoms. The lowest BCUT2D eigenvalue weighted by atomic mass is 9.92. The van der Waals surface area contributed by atoms with E-state index < -0.39 is 0 Å². The molecule has 0 saturated heterocycles. The second-order valence-corrected chi connectivity index (χ2v) is 6.20. The molecule has 2 N–H and O–H groups in total. The molecule has 1 heterocycles. The maximum Gasteiger partial charge on any atom is 0.160 e. The van der Waals surface area contributed by atoms with Gasteiger partial charge >= 0.3 is 0 Å². The Labute approximate surface area is 128 Å². The van der Waals surface area contributed by atoms with Gasteiger partial charge in [0.15, 0.2) is 5.82 Å².